The molecule has 0 fully saturated rings. The van der Waals surface area contributed by atoms with Gasteiger partial charge in [-0.1, -0.05) is 168 Å². The standard InChI is InChI=1S/C37H74NO8P/c1-3-5-7-9-11-13-15-17-19-21-23-25-27-29-34(40)37(36(42)33-39,46-47(43,44)45-32-31-38)35(41)30-28-26-24-22-20-18-16-14-12-10-8-6-4-2/h36,39,42H,3-33,38H2,1-2H3,(H,43,44)/t36-/m0/s1. The van der Waals surface area contributed by atoms with Gasteiger partial charge < -0.3 is 20.8 Å². The Labute approximate surface area is 288 Å². The summed E-state index contributed by atoms with van der Waals surface area (Å²) in [4.78, 5) is 37.5. The minimum absolute atomic E-state index is 0.0801. The number of hydrogen-bond donors (Lipinski definition) is 4. The molecule has 47 heavy (non-hydrogen) atoms. The first-order chi connectivity index (χ1) is 22.7. The molecule has 0 amide bonds. The summed E-state index contributed by atoms with van der Waals surface area (Å²) in [6.45, 7) is 3.06. The van der Waals surface area contributed by atoms with Crippen molar-refractivity contribution in [1.82, 2.24) is 0 Å². The molecule has 10 heteroatoms. The first kappa shape index (κ1) is 46.3. The van der Waals surface area contributed by atoms with Crippen LogP contribution in [0, 0.1) is 0 Å². The Hall–Kier alpha value is -0.670. The molecule has 0 spiro atoms. The normalized spacial score (nSPS) is 13.9. The van der Waals surface area contributed by atoms with Crippen molar-refractivity contribution < 1.29 is 38.3 Å². The SMILES string of the molecule is CCCCCCCCCCCCCCCC(=O)C(OP(=O)(O)OCCN)(C(=O)CCCCCCCCCCCCCCC)[C@@H](O)CO. The van der Waals surface area contributed by atoms with Crippen LogP contribution in [0.15, 0.2) is 0 Å². The molecule has 5 N–H and O–H groups in total. The van der Waals surface area contributed by atoms with Gasteiger partial charge in [0.25, 0.3) is 0 Å². The smallest absolute Gasteiger partial charge is 0.394 e. The largest absolute Gasteiger partial charge is 0.473 e. The van der Waals surface area contributed by atoms with Crippen LogP contribution < -0.4 is 5.73 Å². The minimum atomic E-state index is -4.94. The van der Waals surface area contributed by atoms with Gasteiger partial charge in [0.1, 0.15) is 6.10 Å². The molecular formula is C37H74NO8P. The van der Waals surface area contributed by atoms with E-state index in [1.165, 1.54) is 103 Å². The van der Waals surface area contributed by atoms with Gasteiger partial charge in [-0.15, -0.1) is 0 Å². The number of carbonyl (C=O) groups is 2. The van der Waals surface area contributed by atoms with Crippen molar-refractivity contribution >= 4 is 19.4 Å². The van der Waals surface area contributed by atoms with Gasteiger partial charge in [-0.3, -0.25) is 18.6 Å². The molecule has 9 nitrogen and oxygen atoms in total. The van der Waals surface area contributed by atoms with Crippen LogP contribution in [-0.2, 0) is 23.2 Å². The van der Waals surface area contributed by atoms with Crippen molar-refractivity contribution in [3.05, 3.63) is 0 Å². The third-order valence-electron chi connectivity index (χ3n) is 9.12. The number of aliphatic hydroxyl groups is 2. The van der Waals surface area contributed by atoms with Gasteiger partial charge in [-0.2, -0.15) is 0 Å². The van der Waals surface area contributed by atoms with E-state index in [1.54, 1.807) is 0 Å². The molecule has 0 rings (SSSR count). The summed E-state index contributed by atoms with van der Waals surface area (Å²) in [5.74, 6) is -1.60. The zero-order valence-corrected chi connectivity index (χ0v) is 31.3. The van der Waals surface area contributed by atoms with Crippen molar-refractivity contribution in [1.29, 1.82) is 0 Å². The third kappa shape index (κ3) is 23.4. The lowest BCUT2D eigenvalue weighted by Gasteiger charge is -2.35. The van der Waals surface area contributed by atoms with Gasteiger partial charge in [0, 0.05) is 19.4 Å². The highest BCUT2D eigenvalue weighted by molar-refractivity contribution is 7.47. The van der Waals surface area contributed by atoms with Crippen LogP contribution in [0.3, 0.4) is 0 Å². The molecule has 2 atom stereocenters. The first-order valence-corrected chi connectivity index (χ1v) is 20.9. The summed E-state index contributed by atoms with van der Waals surface area (Å²) in [7, 11) is -4.94. The summed E-state index contributed by atoms with van der Waals surface area (Å²) in [5.41, 5.74) is 2.73. The van der Waals surface area contributed by atoms with Gasteiger partial charge in [0.15, 0.2) is 11.6 Å². The van der Waals surface area contributed by atoms with Crippen LogP contribution in [0.5, 0.6) is 0 Å². The molecule has 0 bridgehead atoms. The number of phosphoric acid groups is 1. The molecular weight excluding hydrogens is 617 g/mol. The molecule has 280 valence electrons. The Kier molecular flexibility index (Phi) is 30.9. The van der Waals surface area contributed by atoms with E-state index in [2.05, 4.69) is 13.8 Å². The lowest BCUT2D eigenvalue weighted by atomic mass is 9.82. The number of hydrogen-bond acceptors (Lipinski definition) is 8. The Bertz CT molecular complexity index is 754. The highest BCUT2D eigenvalue weighted by Gasteiger charge is 2.55. The summed E-state index contributed by atoms with van der Waals surface area (Å²) in [5, 5.41) is 20.6. The van der Waals surface area contributed by atoms with Crippen molar-refractivity contribution in [2.45, 2.75) is 205 Å². The fourth-order valence-electron chi connectivity index (χ4n) is 6.17. The topological polar surface area (TPSA) is 156 Å². The maximum atomic E-state index is 13.6. The lowest BCUT2D eigenvalue weighted by Crippen LogP contribution is -2.58. The van der Waals surface area contributed by atoms with Crippen LogP contribution in [-0.4, -0.2) is 58.1 Å². The Morgan fingerprint density at radius 1 is 0.617 bits per heavy atom. The van der Waals surface area contributed by atoms with Crippen molar-refractivity contribution in [3.8, 4) is 0 Å². The Balaban J connectivity index is 4.84. The molecule has 0 aliphatic heterocycles. The third-order valence-corrected chi connectivity index (χ3v) is 10.1. The average molecular weight is 692 g/mol. The predicted molar refractivity (Wildman–Crippen MR) is 192 cm³/mol. The molecule has 0 heterocycles. The lowest BCUT2D eigenvalue weighted by molar-refractivity contribution is -0.164. The van der Waals surface area contributed by atoms with E-state index in [9.17, 15) is 29.3 Å². The molecule has 0 aliphatic rings. The molecule has 0 radical (unpaired) electrons. The van der Waals surface area contributed by atoms with Crippen molar-refractivity contribution in [2.75, 3.05) is 19.8 Å². The molecule has 0 aromatic heterocycles. The van der Waals surface area contributed by atoms with E-state index in [0.717, 1.165) is 51.4 Å². The van der Waals surface area contributed by atoms with Crippen LogP contribution >= 0.6 is 7.82 Å². The molecule has 0 aliphatic carbocycles. The summed E-state index contributed by atoms with van der Waals surface area (Å²) < 4.78 is 22.9. The fraction of sp³-hybridized carbons (Fsp3) is 0.946. The van der Waals surface area contributed by atoms with Crippen molar-refractivity contribution in [3.63, 3.8) is 0 Å². The second-order valence-electron chi connectivity index (χ2n) is 13.4. The number of rotatable bonds is 37. The zero-order chi connectivity index (χ0) is 35.1. The van der Waals surface area contributed by atoms with Crippen LogP contribution in [0.25, 0.3) is 0 Å². The van der Waals surface area contributed by atoms with Gasteiger partial charge in [0.2, 0.25) is 5.60 Å². The summed E-state index contributed by atoms with van der Waals surface area (Å²) >= 11 is 0. The summed E-state index contributed by atoms with van der Waals surface area (Å²) in [6, 6.07) is 0. The maximum absolute atomic E-state index is 13.6. The van der Waals surface area contributed by atoms with E-state index in [1.807, 2.05) is 0 Å². The van der Waals surface area contributed by atoms with Crippen LogP contribution in [0.2, 0.25) is 0 Å². The maximum Gasteiger partial charge on any atom is 0.473 e. The number of carbonyl (C=O) groups excluding carboxylic acids is 2. The molecule has 0 aromatic carbocycles. The number of Topliss-reactive ketones (excluding diaryl/α,β-unsaturated/α-hetero) is 2. The van der Waals surface area contributed by atoms with Gasteiger partial charge in [0.05, 0.1) is 13.2 Å². The highest BCUT2D eigenvalue weighted by atomic mass is 31.2. The number of ketones is 2. The van der Waals surface area contributed by atoms with E-state index < -0.39 is 37.7 Å². The predicted octanol–water partition coefficient (Wildman–Crippen LogP) is 9.27. The number of phosphoric ester groups is 1. The van der Waals surface area contributed by atoms with Gasteiger partial charge in [-0.25, -0.2) is 4.57 Å². The van der Waals surface area contributed by atoms with E-state index in [-0.39, 0.29) is 26.0 Å². The Morgan fingerprint density at radius 3 is 1.19 bits per heavy atom. The van der Waals surface area contributed by atoms with E-state index in [0.29, 0.717) is 12.8 Å². The number of nitrogens with two attached hydrogens (primary N) is 1. The van der Waals surface area contributed by atoms with Crippen LogP contribution in [0.1, 0.15) is 194 Å². The Morgan fingerprint density at radius 2 is 0.915 bits per heavy atom. The minimum Gasteiger partial charge on any atom is -0.394 e. The number of aliphatic hydroxyl groups excluding tert-OH is 2. The average Bonchev–Trinajstić information content (AvgIpc) is 3.06. The second kappa shape index (κ2) is 31.3. The summed E-state index contributed by atoms with van der Waals surface area (Å²) in [6.07, 6.45) is 27.0. The first-order valence-electron chi connectivity index (χ1n) is 19.4. The van der Waals surface area contributed by atoms with Crippen molar-refractivity contribution in [2.24, 2.45) is 5.73 Å². The number of unbranched alkanes of at least 4 members (excludes halogenated alkanes) is 24. The molecule has 0 aromatic rings. The van der Waals surface area contributed by atoms with Crippen LogP contribution in [0.4, 0.5) is 0 Å². The zero-order valence-electron chi connectivity index (χ0n) is 30.4. The monoisotopic (exact) mass is 692 g/mol. The molecule has 0 saturated carbocycles. The molecule has 0 saturated heterocycles. The fourth-order valence-corrected chi connectivity index (χ4v) is 7.25. The molecule has 1 unspecified atom stereocenters. The van der Waals surface area contributed by atoms with Gasteiger partial charge >= 0.3 is 7.82 Å². The van der Waals surface area contributed by atoms with E-state index in [4.69, 9.17) is 14.8 Å². The highest BCUT2D eigenvalue weighted by Crippen LogP contribution is 2.49. The second-order valence-corrected chi connectivity index (χ2v) is 14.8. The quantitative estimate of drug-likeness (QED) is 0.0283. The van der Waals surface area contributed by atoms with E-state index >= 15 is 0 Å². The van der Waals surface area contributed by atoms with Gasteiger partial charge in [-0.05, 0) is 12.8 Å².